The monoisotopic (exact) mass is 1260 g/mol. The number of methoxy groups -OCH3 is 3. The maximum absolute atomic E-state index is 14.0. The molecule has 8 heterocycles. The van der Waals surface area contributed by atoms with Gasteiger partial charge in [0.2, 0.25) is 0 Å². The van der Waals surface area contributed by atoms with Gasteiger partial charge < -0.3 is 36.3 Å². The van der Waals surface area contributed by atoms with E-state index >= 15 is 0 Å². The summed E-state index contributed by atoms with van der Waals surface area (Å²) in [5.41, 5.74) is 18.8. The Bertz CT molecular complexity index is 4420. The first kappa shape index (κ1) is 60.7. The van der Waals surface area contributed by atoms with Crippen LogP contribution in [-0.4, -0.2) is 82.9 Å². The van der Waals surface area contributed by atoms with Gasteiger partial charge in [-0.3, -0.25) is 24.5 Å². The molecule has 89 heavy (non-hydrogen) atoms. The highest BCUT2D eigenvalue weighted by atomic mass is 79.9. The molecule has 0 bridgehead atoms. The lowest BCUT2D eigenvalue weighted by atomic mass is 9.97. The van der Waals surface area contributed by atoms with Crippen molar-refractivity contribution in [3.63, 3.8) is 0 Å². The van der Waals surface area contributed by atoms with Crippen molar-refractivity contribution >= 4 is 83.7 Å². The van der Waals surface area contributed by atoms with Crippen LogP contribution in [0.3, 0.4) is 0 Å². The maximum Gasteiger partial charge on any atom is 0.262 e. The third-order valence-corrected chi connectivity index (χ3v) is 15.1. The van der Waals surface area contributed by atoms with Crippen LogP contribution in [-0.2, 0) is 0 Å². The summed E-state index contributed by atoms with van der Waals surface area (Å²) in [4.78, 5) is 65.3. The van der Waals surface area contributed by atoms with Crippen molar-refractivity contribution in [2.75, 3.05) is 43.4 Å². The second-order valence-electron chi connectivity index (χ2n) is 19.7. The molecule has 12 rings (SSSR count). The van der Waals surface area contributed by atoms with Crippen LogP contribution in [0.1, 0.15) is 87.8 Å². The molecular formula is C64H50BrF3N16O5. The number of nitrogen functional groups attached to an aromatic ring is 2. The van der Waals surface area contributed by atoms with Crippen LogP contribution in [0.15, 0.2) is 145 Å². The minimum absolute atomic E-state index is 0.0826. The van der Waals surface area contributed by atoms with Gasteiger partial charge in [-0.05, 0) is 116 Å². The van der Waals surface area contributed by atoms with Crippen LogP contribution in [0.2, 0.25) is 0 Å². The Morgan fingerprint density at radius 3 is 1.31 bits per heavy atom. The van der Waals surface area contributed by atoms with Gasteiger partial charge in [-0.15, -0.1) is 0 Å². The summed E-state index contributed by atoms with van der Waals surface area (Å²) >= 11 is 3.45. The molecule has 0 aliphatic carbocycles. The van der Waals surface area contributed by atoms with E-state index in [-0.39, 0.29) is 34.6 Å². The number of benzene rings is 4. The van der Waals surface area contributed by atoms with E-state index in [1.807, 2.05) is 38.1 Å². The van der Waals surface area contributed by atoms with Gasteiger partial charge in [0.05, 0.1) is 88.7 Å². The minimum atomic E-state index is -0.643. The normalized spacial score (nSPS) is 12.6. The Kier molecular flexibility index (Phi) is 17.8. The standard InChI is InChI=1S/2C22H18FN7O.C20H14BrFN2O3/c2*1-12(29-22-16(9-24)21(25)27-11-28-22)19-18(13-4-3-7-26-10-13)20(31-2)15-8-14(23)5-6-17(15)30-19;1-10(24-19(25)12-5-3-4-6-13(12)20(24)26)17-16(21)18(27-2)14-9-11(22)7-8-15(14)23-17/h2*3-8,10-12H,1-2H3,(H3,25,27,28,29);3-10H,1-2H3/t2*12-;10-/m100/s1. The van der Waals surface area contributed by atoms with E-state index in [0.29, 0.717) is 105 Å². The van der Waals surface area contributed by atoms with Crippen molar-refractivity contribution in [3.8, 4) is 51.6 Å². The molecule has 0 spiro atoms. The molecule has 11 aromatic rings. The van der Waals surface area contributed by atoms with Gasteiger partial charge in [-0.1, -0.05) is 24.3 Å². The van der Waals surface area contributed by atoms with Crippen LogP contribution in [0.5, 0.6) is 17.2 Å². The largest absolute Gasteiger partial charge is 0.495 e. The SMILES string of the molecule is COc1c(-c2cccnc2)c([C@@H](C)Nc2ncnc(N)c2C#N)nc2ccc(F)cc12.COc1c(-c2cccnc2)c([C@H](C)Nc2ncnc(N)c2C#N)nc2ccc(F)cc12.COc1c(Br)c([C@H](C)N2C(=O)c3ccccc3C2=O)nc2ccc(F)cc12. The molecule has 25 heteroatoms. The zero-order valence-corrected chi connectivity index (χ0v) is 49.7. The number of carbonyl (C=O) groups excluding carboxylic acids is 2. The van der Waals surface area contributed by atoms with Gasteiger partial charge in [0.25, 0.3) is 11.8 Å². The average molecular weight is 1260 g/mol. The summed E-state index contributed by atoms with van der Waals surface area (Å²) in [6.45, 7) is 5.47. The molecule has 3 atom stereocenters. The van der Waals surface area contributed by atoms with Gasteiger partial charge in [-0.2, -0.15) is 10.5 Å². The Hall–Kier alpha value is -11.4. The number of halogens is 4. The van der Waals surface area contributed by atoms with Crippen LogP contribution >= 0.6 is 15.9 Å². The number of aromatic nitrogens is 9. The smallest absolute Gasteiger partial charge is 0.262 e. The second kappa shape index (κ2) is 26.0. The first-order valence-corrected chi connectivity index (χ1v) is 27.8. The summed E-state index contributed by atoms with van der Waals surface area (Å²) in [5.74, 6) is 0.182. The fourth-order valence-corrected chi connectivity index (χ4v) is 11.0. The first-order valence-electron chi connectivity index (χ1n) is 27.0. The highest BCUT2D eigenvalue weighted by Crippen LogP contribution is 2.45. The molecule has 0 unspecified atom stereocenters. The van der Waals surface area contributed by atoms with Gasteiger partial charge in [0, 0.05) is 63.2 Å². The molecule has 1 aliphatic heterocycles. The number of rotatable bonds is 13. The summed E-state index contributed by atoms with van der Waals surface area (Å²) < 4.78 is 59.0. The maximum atomic E-state index is 14.0. The van der Waals surface area contributed by atoms with E-state index in [0.717, 1.165) is 11.1 Å². The highest BCUT2D eigenvalue weighted by molar-refractivity contribution is 9.10. The van der Waals surface area contributed by atoms with Crippen molar-refractivity contribution in [1.29, 1.82) is 10.5 Å². The topological polar surface area (TPSA) is 305 Å². The van der Waals surface area contributed by atoms with Gasteiger partial charge in [0.15, 0.2) is 0 Å². The molecular weight excluding hydrogens is 1210 g/mol. The number of amides is 2. The van der Waals surface area contributed by atoms with Gasteiger partial charge >= 0.3 is 0 Å². The highest BCUT2D eigenvalue weighted by Gasteiger charge is 2.40. The molecule has 1 aliphatic rings. The molecule has 4 aromatic carbocycles. The molecule has 0 saturated carbocycles. The Labute approximate surface area is 514 Å². The van der Waals surface area contributed by atoms with Gasteiger partial charge in [0.1, 0.15) is 93.9 Å². The fourth-order valence-electron chi connectivity index (χ4n) is 10.2. The van der Waals surface area contributed by atoms with Crippen molar-refractivity contribution in [3.05, 3.63) is 202 Å². The van der Waals surface area contributed by atoms with Crippen LogP contribution < -0.4 is 36.3 Å². The molecule has 444 valence electrons. The number of ether oxygens (including phenoxy) is 3. The average Bonchev–Trinajstić information content (AvgIpc) is 1.85. The quantitative estimate of drug-likeness (QED) is 0.0780. The molecule has 0 radical (unpaired) electrons. The Morgan fingerprint density at radius 2 is 0.944 bits per heavy atom. The van der Waals surface area contributed by atoms with Crippen LogP contribution in [0, 0.1) is 40.1 Å². The van der Waals surface area contributed by atoms with E-state index in [9.17, 15) is 33.3 Å². The molecule has 0 fully saturated rings. The Balaban J connectivity index is 0.000000148. The molecule has 2 amide bonds. The molecule has 7 aromatic heterocycles. The number of carbonyl (C=O) groups is 2. The number of hydrogen-bond donors (Lipinski definition) is 4. The van der Waals surface area contributed by atoms with E-state index in [4.69, 9.17) is 35.6 Å². The third-order valence-electron chi connectivity index (χ3n) is 14.3. The number of nitrogens with one attached hydrogen (secondary N) is 2. The summed E-state index contributed by atoms with van der Waals surface area (Å²) in [5, 5.41) is 26.8. The summed E-state index contributed by atoms with van der Waals surface area (Å²) in [7, 11) is 4.53. The van der Waals surface area contributed by atoms with E-state index in [1.54, 1.807) is 80.2 Å². The number of nitrogens with zero attached hydrogens (tertiary/aromatic N) is 12. The van der Waals surface area contributed by atoms with Crippen molar-refractivity contribution < 1.29 is 37.0 Å². The summed E-state index contributed by atoms with van der Waals surface area (Å²) in [6.07, 6.45) is 9.26. The number of nitriles is 2. The first-order chi connectivity index (χ1) is 43.0. The zero-order valence-electron chi connectivity index (χ0n) is 48.1. The lowest BCUT2D eigenvalue weighted by Crippen LogP contribution is -2.33. The number of nitrogens with two attached hydrogens (primary N) is 2. The van der Waals surface area contributed by atoms with Gasteiger partial charge in [-0.25, -0.2) is 48.1 Å². The molecule has 21 nitrogen and oxygen atoms in total. The third kappa shape index (κ3) is 12.0. The van der Waals surface area contributed by atoms with E-state index < -0.39 is 35.6 Å². The van der Waals surface area contributed by atoms with Crippen molar-refractivity contribution in [2.24, 2.45) is 0 Å². The van der Waals surface area contributed by atoms with Crippen LogP contribution in [0.25, 0.3) is 55.0 Å². The zero-order chi connectivity index (χ0) is 63.2. The Morgan fingerprint density at radius 1 is 0.551 bits per heavy atom. The number of pyridine rings is 5. The number of anilines is 4. The number of fused-ring (bicyclic) bond motifs is 4. The lowest BCUT2D eigenvalue weighted by Gasteiger charge is -2.24. The van der Waals surface area contributed by atoms with Crippen molar-refractivity contribution in [1.82, 2.24) is 49.8 Å². The van der Waals surface area contributed by atoms with E-state index in [2.05, 4.69) is 61.5 Å². The lowest BCUT2D eigenvalue weighted by molar-refractivity contribution is 0.0591. The number of hydrogen-bond acceptors (Lipinski definition) is 20. The van der Waals surface area contributed by atoms with Crippen molar-refractivity contribution in [2.45, 2.75) is 38.9 Å². The predicted octanol–water partition coefficient (Wildman–Crippen LogP) is 12.2. The second-order valence-corrected chi connectivity index (χ2v) is 20.5. The predicted molar refractivity (Wildman–Crippen MR) is 331 cm³/mol. The fraction of sp³-hybridized carbons (Fsp3) is 0.141. The summed E-state index contributed by atoms with van der Waals surface area (Å²) in [6, 6.07) is 29.5. The molecule has 6 N–H and O–H groups in total. The van der Waals surface area contributed by atoms with Crippen LogP contribution in [0.4, 0.5) is 36.4 Å². The number of imide groups is 1. The van der Waals surface area contributed by atoms with E-state index in [1.165, 1.54) is 81.3 Å². The minimum Gasteiger partial charge on any atom is -0.495 e. The molecule has 0 saturated heterocycles.